The van der Waals surface area contributed by atoms with E-state index < -0.39 is 5.54 Å². The molecular formula is C33H40N6O3. The SMILES string of the molecule is CCCCC1=NC2(CCCC2)C(=O)N1Cc1ccc(-c2ccccc2-c2nnnn2COC(=O)C2CCCCC2)cc1. The van der Waals surface area contributed by atoms with Crippen LogP contribution in [0.15, 0.2) is 53.5 Å². The number of esters is 1. The van der Waals surface area contributed by atoms with Crippen molar-refractivity contribution < 1.29 is 14.3 Å². The van der Waals surface area contributed by atoms with Gasteiger partial charge in [-0.3, -0.25) is 19.5 Å². The van der Waals surface area contributed by atoms with E-state index in [2.05, 4.69) is 46.7 Å². The van der Waals surface area contributed by atoms with Gasteiger partial charge < -0.3 is 4.74 Å². The highest BCUT2D eigenvalue weighted by Gasteiger charge is 2.49. The van der Waals surface area contributed by atoms with Gasteiger partial charge in [0.15, 0.2) is 12.6 Å². The molecule has 2 aliphatic carbocycles. The fourth-order valence-corrected chi connectivity index (χ4v) is 6.67. The van der Waals surface area contributed by atoms with Crippen LogP contribution in [0.25, 0.3) is 22.5 Å². The minimum Gasteiger partial charge on any atom is -0.442 e. The van der Waals surface area contributed by atoms with Gasteiger partial charge in [-0.2, -0.15) is 4.68 Å². The van der Waals surface area contributed by atoms with Crippen molar-refractivity contribution in [1.82, 2.24) is 25.1 Å². The minimum atomic E-state index is -0.517. The number of tetrazole rings is 1. The summed E-state index contributed by atoms with van der Waals surface area (Å²) in [6.45, 7) is 2.69. The van der Waals surface area contributed by atoms with Crippen LogP contribution < -0.4 is 0 Å². The number of aromatic nitrogens is 4. The first-order chi connectivity index (χ1) is 20.6. The van der Waals surface area contributed by atoms with E-state index in [0.717, 1.165) is 98.7 Å². The van der Waals surface area contributed by atoms with E-state index in [1.54, 1.807) is 4.68 Å². The molecule has 1 aliphatic heterocycles. The van der Waals surface area contributed by atoms with Crippen LogP contribution in [0.4, 0.5) is 0 Å². The summed E-state index contributed by atoms with van der Waals surface area (Å²) < 4.78 is 7.17. The molecule has 0 N–H and O–H groups in total. The second-order valence-electron chi connectivity index (χ2n) is 11.9. The number of nitrogens with zero attached hydrogens (tertiary/aromatic N) is 6. The van der Waals surface area contributed by atoms with Crippen LogP contribution in [0.5, 0.6) is 0 Å². The van der Waals surface area contributed by atoms with E-state index in [9.17, 15) is 9.59 Å². The quantitative estimate of drug-likeness (QED) is 0.265. The topological polar surface area (TPSA) is 103 Å². The zero-order valence-corrected chi connectivity index (χ0v) is 24.5. The van der Waals surface area contributed by atoms with Crippen LogP contribution in [0.3, 0.4) is 0 Å². The smallest absolute Gasteiger partial charge is 0.310 e. The predicted octanol–water partition coefficient (Wildman–Crippen LogP) is 6.33. The van der Waals surface area contributed by atoms with E-state index in [0.29, 0.717) is 12.4 Å². The van der Waals surface area contributed by atoms with Crippen molar-refractivity contribution in [2.45, 2.75) is 103 Å². The Hall–Kier alpha value is -3.88. The molecule has 6 rings (SSSR count). The number of amides is 1. The second-order valence-corrected chi connectivity index (χ2v) is 11.9. The van der Waals surface area contributed by atoms with Crippen LogP contribution in [0.2, 0.25) is 0 Å². The molecule has 1 amide bonds. The largest absolute Gasteiger partial charge is 0.442 e. The number of amidine groups is 1. The lowest BCUT2D eigenvalue weighted by Crippen LogP contribution is -2.40. The van der Waals surface area contributed by atoms with Crippen LogP contribution in [0, 0.1) is 5.92 Å². The zero-order chi connectivity index (χ0) is 28.9. The van der Waals surface area contributed by atoms with Gasteiger partial charge >= 0.3 is 5.97 Å². The molecule has 2 aromatic carbocycles. The van der Waals surface area contributed by atoms with Gasteiger partial charge in [0.05, 0.1) is 12.5 Å². The number of hydrogen-bond donors (Lipinski definition) is 0. The number of hydrogen-bond acceptors (Lipinski definition) is 7. The molecule has 9 nitrogen and oxygen atoms in total. The Labute approximate surface area is 247 Å². The van der Waals surface area contributed by atoms with Gasteiger partial charge in [0.25, 0.3) is 5.91 Å². The number of carbonyl (C=O) groups is 2. The Morgan fingerprint density at radius 3 is 2.45 bits per heavy atom. The van der Waals surface area contributed by atoms with Gasteiger partial charge in [-0.15, -0.1) is 5.10 Å². The zero-order valence-electron chi connectivity index (χ0n) is 24.5. The van der Waals surface area contributed by atoms with Crippen molar-refractivity contribution in [3.8, 4) is 22.5 Å². The molecule has 220 valence electrons. The van der Waals surface area contributed by atoms with Crippen LogP contribution >= 0.6 is 0 Å². The van der Waals surface area contributed by atoms with Crippen molar-refractivity contribution in [3.63, 3.8) is 0 Å². The van der Waals surface area contributed by atoms with Crippen molar-refractivity contribution in [3.05, 3.63) is 54.1 Å². The lowest BCUT2D eigenvalue weighted by atomic mass is 9.89. The molecule has 42 heavy (non-hydrogen) atoms. The van der Waals surface area contributed by atoms with E-state index in [4.69, 9.17) is 9.73 Å². The summed E-state index contributed by atoms with van der Waals surface area (Å²) in [5.41, 5.74) is 3.41. The van der Waals surface area contributed by atoms with Crippen molar-refractivity contribution >= 4 is 17.7 Å². The number of rotatable bonds is 10. The van der Waals surface area contributed by atoms with E-state index in [-0.39, 0.29) is 24.5 Å². The summed E-state index contributed by atoms with van der Waals surface area (Å²) in [6.07, 6.45) is 12.0. The summed E-state index contributed by atoms with van der Waals surface area (Å²) in [4.78, 5) is 33.1. The molecule has 3 aromatic rings. The maximum absolute atomic E-state index is 13.5. The van der Waals surface area contributed by atoms with E-state index in [1.807, 2.05) is 29.2 Å². The Morgan fingerprint density at radius 2 is 1.71 bits per heavy atom. The molecule has 0 atom stereocenters. The predicted molar refractivity (Wildman–Crippen MR) is 160 cm³/mol. The van der Waals surface area contributed by atoms with Gasteiger partial charge in [0.2, 0.25) is 0 Å². The second kappa shape index (κ2) is 12.5. The average Bonchev–Trinajstić information content (AvgIpc) is 3.77. The van der Waals surface area contributed by atoms with E-state index >= 15 is 0 Å². The summed E-state index contributed by atoms with van der Waals surface area (Å²) in [5.74, 6) is 1.48. The minimum absolute atomic E-state index is 0.0157. The van der Waals surface area contributed by atoms with Gasteiger partial charge in [-0.05, 0) is 59.2 Å². The number of aliphatic imine (C=N–C) groups is 1. The molecule has 2 saturated carbocycles. The maximum atomic E-state index is 13.5. The Kier molecular flexibility index (Phi) is 8.44. The highest BCUT2D eigenvalue weighted by atomic mass is 16.5. The van der Waals surface area contributed by atoms with Crippen molar-refractivity contribution in [2.24, 2.45) is 10.9 Å². The van der Waals surface area contributed by atoms with Crippen molar-refractivity contribution in [2.75, 3.05) is 0 Å². The lowest BCUT2D eigenvalue weighted by Gasteiger charge is -2.23. The van der Waals surface area contributed by atoms with Gasteiger partial charge in [-0.25, -0.2) is 0 Å². The highest BCUT2D eigenvalue weighted by Crippen LogP contribution is 2.40. The molecule has 1 spiro atoms. The van der Waals surface area contributed by atoms with Crippen molar-refractivity contribution in [1.29, 1.82) is 0 Å². The summed E-state index contributed by atoms with van der Waals surface area (Å²) >= 11 is 0. The molecule has 3 aliphatic rings. The van der Waals surface area contributed by atoms with Gasteiger partial charge in [-0.1, -0.05) is 94.0 Å². The summed E-state index contributed by atoms with van der Waals surface area (Å²) in [7, 11) is 0. The molecule has 9 heteroatoms. The van der Waals surface area contributed by atoms with Crippen LogP contribution in [-0.4, -0.2) is 48.4 Å². The average molecular weight is 569 g/mol. The number of unbranched alkanes of at least 4 members (excludes halogenated alkanes) is 1. The molecule has 0 radical (unpaired) electrons. The monoisotopic (exact) mass is 568 g/mol. The Bertz CT molecular complexity index is 1430. The van der Waals surface area contributed by atoms with Crippen LogP contribution in [0.1, 0.15) is 89.5 Å². The third kappa shape index (κ3) is 5.74. The lowest BCUT2D eigenvalue weighted by molar-refractivity contribution is -0.154. The highest BCUT2D eigenvalue weighted by molar-refractivity contribution is 6.08. The fourth-order valence-electron chi connectivity index (χ4n) is 6.67. The number of ether oxygens (including phenoxy) is 1. The standard InChI is InChI=1S/C33H40N6O3/c1-2-3-15-29-34-33(20-9-10-21-33)32(41)38(29)22-24-16-18-25(19-17-24)27-13-7-8-14-28(27)30-35-36-37-39(30)23-42-31(40)26-11-5-4-6-12-26/h7-8,13-14,16-19,26H,2-6,9-12,15,20-23H2,1H3. The third-order valence-electron chi connectivity index (χ3n) is 9.06. The molecule has 0 bridgehead atoms. The first kappa shape index (κ1) is 28.2. The molecule has 0 saturated heterocycles. The number of benzene rings is 2. The normalized spacial score (nSPS) is 18.5. The molecule has 1 aromatic heterocycles. The molecule has 2 fully saturated rings. The Balaban J connectivity index is 1.18. The van der Waals surface area contributed by atoms with Crippen LogP contribution in [-0.2, 0) is 27.6 Å². The molecule has 0 unspecified atom stereocenters. The first-order valence-electron chi connectivity index (χ1n) is 15.6. The molecular weight excluding hydrogens is 528 g/mol. The maximum Gasteiger partial charge on any atom is 0.310 e. The first-order valence-corrected chi connectivity index (χ1v) is 15.6. The van der Waals surface area contributed by atoms with Gasteiger partial charge in [0, 0.05) is 12.0 Å². The summed E-state index contributed by atoms with van der Waals surface area (Å²) in [5, 5.41) is 12.3. The summed E-state index contributed by atoms with van der Waals surface area (Å²) in [6, 6.07) is 16.3. The van der Waals surface area contributed by atoms with Gasteiger partial charge in [0.1, 0.15) is 11.4 Å². The number of carbonyl (C=O) groups excluding carboxylic acids is 2. The third-order valence-corrected chi connectivity index (χ3v) is 9.06. The Morgan fingerprint density at radius 1 is 0.976 bits per heavy atom. The fraction of sp³-hybridized carbons (Fsp3) is 0.515. The van der Waals surface area contributed by atoms with E-state index in [1.165, 1.54) is 6.42 Å². The molecule has 2 heterocycles.